The molecule has 2 aromatic carbocycles. The van der Waals surface area contributed by atoms with Gasteiger partial charge in [-0.1, -0.05) is 12.6 Å². The summed E-state index contributed by atoms with van der Waals surface area (Å²) in [6.07, 6.45) is 3.29. The topological polar surface area (TPSA) is 79.3 Å². The van der Waals surface area contributed by atoms with Crippen molar-refractivity contribution in [2.75, 3.05) is 29.4 Å². The number of rotatable bonds is 4. The first-order valence-corrected chi connectivity index (χ1v) is 13.2. The van der Waals surface area contributed by atoms with Crippen molar-refractivity contribution in [1.29, 1.82) is 0 Å². The summed E-state index contributed by atoms with van der Waals surface area (Å²) in [5.74, 6) is -0.604. The van der Waals surface area contributed by atoms with Crippen LogP contribution in [0.1, 0.15) is 63.5 Å². The highest BCUT2D eigenvalue weighted by Crippen LogP contribution is 2.53. The van der Waals surface area contributed by atoms with Crippen LogP contribution >= 0.6 is 0 Å². The van der Waals surface area contributed by atoms with Crippen LogP contribution in [0, 0.1) is 5.82 Å². The molecule has 1 aliphatic carbocycles. The molecule has 3 aliphatic rings. The minimum atomic E-state index is -0.827. The second kappa shape index (κ2) is 9.64. The first kappa shape index (κ1) is 26.1. The molecular formula is C30H35FN2O5. The van der Waals surface area contributed by atoms with Crippen LogP contribution in [-0.2, 0) is 14.9 Å². The molecule has 0 radical (unpaired) electrons. The van der Waals surface area contributed by atoms with Crippen LogP contribution < -0.4 is 14.5 Å². The molecular weight excluding hydrogens is 487 g/mol. The number of hydrogen-bond acceptors (Lipinski definition) is 5. The normalized spacial score (nSPS) is 21.9. The number of benzene rings is 2. The van der Waals surface area contributed by atoms with Gasteiger partial charge in [-0.25, -0.2) is 9.18 Å². The molecule has 1 saturated heterocycles. The smallest absolute Gasteiger partial charge is 0.415 e. The molecule has 38 heavy (non-hydrogen) atoms. The lowest BCUT2D eigenvalue weighted by molar-refractivity contribution is -0.137. The van der Waals surface area contributed by atoms with Gasteiger partial charge in [0.15, 0.2) is 0 Å². The standard InChI is InChI=1S/C30H35FN2O5/c1-5-22-18-33(28(36)38-29(2,3)4)25-9-7-21(16-26(25)37-22)32-12-10-30(11-13-32)17-19(14-27(34)35)23-8-6-20(31)15-24(23)30/h5-9,15-16,19,22H,1,10-14,17-18H2,2-4H3,(H,34,35)/t19-,22?/m1/s1. The fourth-order valence-corrected chi connectivity index (χ4v) is 6.20. The van der Waals surface area contributed by atoms with Crippen molar-refractivity contribution in [3.63, 3.8) is 0 Å². The average molecular weight is 523 g/mol. The van der Waals surface area contributed by atoms with Gasteiger partial charge in [0, 0.05) is 24.8 Å². The number of aliphatic carboxylic acids is 1. The Labute approximate surface area is 222 Å². The van der Waals surface area contributed by atoms with Crippen LogP contribution in [0.5, 0.6) is 5.75 Å². The van der Waals surface area contributed by atoms with Crippen molar-refractivity contribution >= 4 is 23.4 Å². The van der Waals surface area contributed by atoms with Crippen LogP contribution in [0.25, 0.3) is 0 Å². The fourth-order valence-electron chi connectivity index (χ4n) is 6.20. The Balaban J connectivity index is 1.36. The van der Waals surface area contributed by atoms with Crippen molar-refractivity contribution in [2.24, 2.45) is 0 Å². The lowest BCUT2D eigenvalue weighted by Crippen LogP contribution is -2.45. The maximum atomic E-state index is 14.2. The number of carboxylic acids is 1. The summed E-state index contributed by atoms with van der Waals surface area (Å²) < 4.78 is 26.0. The molecule has 7 nitrogen and oxygen atoms in total. The minimum Gasteiger partial charge on any atom is -0.482 e. The number of hydrogen-bond donors (Lipinski definition) is 1. The van der Waals surface area contributed by atoms with E-state index in [9.17, 15) is 19.1 Å². The van der Waals surface area contributed by atoms with E-state index in [0.29, 0.717) is 18.0 Å². The molecule has 1 unspecified atom stereocenters. The lowest BCUT2D eigenvalue weighted by atomic mass is 9.73. The number of nitrogens with zero attached hydrogens (tertiary/aromatic N) is 2. The molecule has 1 fully saturated rings. The van der Waals surface area contributed by atoms with E-state index in [2.05, 4.69) is 11.5 Å². The highest BCUT2D eigenvalue weighted by molar-refractivity contribution is 5.91. The summed E-state index contributed by atoms with van der Waals surface area (Å²) in [6.45, 7) is 11.2. The van der Waals surface area contributed by atoms with E-state index in [1.54, 1.807) is 23.1 Å². The molecule has 0 aromatic heterocycles. The molecule has 2 aliphatic heterocycles. The Hall–Kier alpha value is -3.55. The Kier molecular flexibility index (Phi) is 6.61. The fraction of sp³-hybridized carbons (Fsp3) is 0.467. The highest BCUT2D eigenvalue weighted by Gasteiger charge is 2.46. The number of carbonyl (C=O) groups excluding carboxylic acids is 1. The van der Waals surface area contributed by atoms with Crippen LogP contribution in [0.4, 0.5) is 20.6 Å². The van der Waals surface area contributed by atoms with Crippen LogP contribution in [0.15, 0.2) is 49.1 Å². The Morgan fingerprint density at radius 2 is 1.95 bits per heavy atom. The van der Waals surface area contributed by atoms with E-state index in [-0.39, 0.29) is 29.7 Å². The van der Waals surface area contributed by atoms with Gasteiger partial charge in [-0.2, -0.15) is 0 Å². The molecule has 8 heteroatoms. The third-order valence-electron chi connectivity index (χ3n) is 7.92. The number of anilines is 2. The van der Waals surface area contributed by atoms with Gasteiger partial charge in [-0.3, -0.25) is 9.69 Å². The minimum absolute atomic E-state index is 0.0604. The third-order valence-corrected chi connectivity index (χ3v) is 7.92. The van der Waals surface area contributed by atoms with Crippen LogP contribution in [-0.4, -0.2) is 48.5 Å². The summed E-state index contributed by atoms with van der Waals surface area (Å²) in [5.41, 5.74) is 2.74. The maximum absolute atomic E-state index is 14.2. The molecule has 202 valence electrons. The predicted molar refractivity (Wildman–Crippen MR) is 144 cm³/mol. The summed E-state index contributed by atoms with van der Waals surface area (Å²) in [4.78, 5) is 28.3. The summed E-state index contributed by atoms with van der Waals surface area (Å²) in [6, 6.07) is 10.7. The van der Waals surface area contributed by atoms with Gasteiger partial charge in [0.25, 0.3) is 0 Å². The first-order valence-electron chi connectivity index (χ1n) is 13.2. The Bertz CT molecular complexity index is 1260. The van der Waals surface area contributed by atoms with Crippen LogP contribution in [0.2, 0.25) is 0 Å². The van der Waals surface area contributed by atoms with Gasteiger partial charge in [-0.05, 0) is 92.8 Å². The number of carbonyl (C=O) groups is 2. The number of amides is 1. The van der Waals surface area contributed by atoms with Gasteiger partial charge >= 0.3 is 12.1 Å². The third kappa shape index (κ3) is 4.96. The summed E-state index contributed by atoms with van der Waals surface area (Å²) in [5, 5.41) is 9.44. The number of carboxylic acid groups (broad SMARTS) is 1. The molecule has 5 rings (SSSR count). The SMILES string of the molecule is C=CC1CN(C(=O)OC(C)(C)C)c2ccc(N3CCC4(CC3)C[C@@H](CC(=O)O)c3ccc(F)cc34)cc2O1. The van der Waals surface area contributed by atoms with Crippen LogP contribution in [0.3, 0.4) is 0 Å². The van der Waals surface area contributed by atoms with Crippen molar-refractivity contribution < 1.29 is 28.6 Å². The van der Waals surface area contributed by atoms with E-state index in [1.165, 1.54) is 6.07 Å². The number of fused-ring (bicyclic) bond motifs is 3. The van der Waals surface area contributed by atoms with E-state index in [0.717, 1.165) is 49.2 Å². The highest BCUT2D eigenvalue weighted by atomic mass is 19.1. The van der Waals surface area contributed by atoms with Crippen molar-refractivity contribution in [3.05, 3.63) is 66.0 Å². The molecule has 2 heterocycles. The zero-order valence-electron chi connectivity index (χ0n) is 22.2. The molecule has 0 saturated carbocycles. The molecule has 1 amide bonds. The maximum Gasteiger partial charge on any atom is 0.415 e. The van der Waals surface area contributed by atoms with Gasteiger partial charge in [0.2, 0.25) is 0 Å². The first-order chi connectivity index (χ1) is 18.0. The van der Waals surface area contributed by atoms with E-state index in [1.807, 2.05) is 39.0 Å². The number of halogens is 1. The zero-order valence-corrected chi connectivity index (χ0v) is 22.2. The van der Waals surface area contributed by atoms with E-state index >= 15 is 0 Å². The molecule has 2 atom stereocenters. The summed E-state index contributed by atoms with van der Waals surface area (Å²) in [7, 11) is 0. The lowest BCUT2D eigenvalue weighted by Gasteiger charge is -2.42. The molecule has 1 spiro atoms. The van der Waals surface area contributed by atoms with E-state index < -0.39 is 17.7 Å². The van der Waals surface area contributed by atoms with E-state index in [4.69, 9.17) is 9.47 Å². The van der Waals surface area contributed by atoms with Crippen molar-refractivity contribution in [2.45, 2.75) is 69.5 Å². The predicted octanol–water partition coefficient (Wildman–Crippen LogP) is 6.01. The van der Waals surface area contributed by atoms with Gasteiger partial charge in [0.1, 0.15) is 23.3 Å². The molecule has 1 N–H and O–H groups in total. The largest absolute Gasteiger partial charge is 0.482 e. The van der Waals surface area contributed by atoms with Gasteiger partial charge in [-0.15, -0.1) is 0 Å². The quantitative estimate of drug-likeness (QED) is 0.495. The number of piperidine rings is 1. The number of ether oxygens (including phenoxy) is 2. The van der Waals surface area contributed by atoms with Gasteiger partial charge in [0.05, 0.1) is 18.7 Å². The van der Waals surface area contributed by atoms with Gasteiger partial charge < -0.3 is 19.5 Å². The molecule has 0 bridgehead atoms. The second-order valence-electron chi connectivity index (χ2n) is 11.6. The molecule has 2 aromatic rings. The average Bonchev–Trinajstić information content (AvgIpc) is 3.13. The Morgan fingerprint density at radius 3 is 2.61 bits per heavy atom. The van der Waals surface area contributed by atoms with Crippen molar-refractivity contribution in [1.82, 2.24) is 0 Å². The second-order valence-corrected chi connectivity index (χ2v) is 11.6. The monoisotopic (exact) mass is 522 g/mol. The zero-order chi connectivity index (χ0) is 27.2. The summed E-state index contributed by atoms with van der Waals surface area (Å²) >= 11 is 0. The van der Waals surface area contributed by atoms with Crippen molar-refractivity contribution in [3.8, 4) is 5.75 Å². The Morgan fingerprint density at radius 1 is 1.21 bits per heavy atom.